The van der Waals surface area contributed by atoms with Gasteiger partial charge in [0.25, 0.3) is 11.8 Å². The molecule has 8 nitrogen and oxygen atoms in total. The second kappa shape index (κ2) is 10.5. The second-order valence-electron chi connectivity index (χ2n) is 9.24. The van der Waals surface area contributed by atoms with E-state index in [2.05, 4.69) is 5.32 Å². The Labute approximate surface area is 218 Å². The number of pyridine rings is 1. The number of carbonyl (C=O) groups excluding carboxylic acids is 2. The van der Waals surface area contributed by atoms with Crippen LogP contribution in [0.1, 0.15) is 37.5 Å². The van der Waals surface area contributed by atoms with Crippen molar-refractivity contribution in [2.24, 2.45) is 0 Å². The number of nitrogens with one attached hydrogen (secondary N) is 2. The van der Waals surface area contributed by atoms with Gasteiger partial charge in [-0.25, -0.2) is 9.18 Å². The fraction of sp³-hybridized carbons (Fsp3) is 0.207. The van der Waals surface area contributed by atoms with Gasteiger partial charge in [0.1, 0.15) is 11.5 Å². The molecule has 0 spiro atoms. The van der Waals surface area contributed by atoms with Crippen LogP contribution in [0.4, 0.5) is 9.18 Å². The van der Waals surface area contributed by atoms with Crippen molar-refractivity contribution in [3.8, 4) is 11.1 Å². The van der Waals surface area contributed by atoms with Crippen molar-refractivity contribution < 1.29 is 23.9 Å². The highest BCUT2D eigenvalue weighted by atomic mass is 19.1. The van der Waals surface area contributed by atoms with Crippen LogP contribution in [0.2, 0.25) is 0 Å². The number of benzene rings is 2. The molecule has 3 heterocycles. The third-order valence-corrected chi connectivity index (χ3v) is 6.94. The first-order valence-electron chi connectivity index (χ1n) is 12.4. The van der Waals surface area contributed by atoms with E-state index in [1.165, 1.54) is 12.1 Å². The SMILES string of the molecule is Cc1c(F)cccc1Cc1c(-c2ccccc2)c2cc(C(=O)NC(=O)O)ccn2c1C(=O)N1CCNCC1. The minimum Gasteiger partial charge on any atom is -0.465 e. The number of hydrogen-bond acceptors (Lipinski definition) is 4. The minimum atomic E-state index is -1.45. The van der Waals surface area contributed by atoms with Crippen molar-refractivity contribution in [3.63, 3.8) is 0 Å². The van der Waals surface area contributed by atoms with Crippen molar-refractivity contribution in [2.45, 2.75) is 13.3 Å². The molecule has 2 aromatic carbocycles. The molecule has 0 saturated carbocycles. The van der Waals surface area contributed by atoms with Crippen molar-refractivity contribution in [1.82, 2.24) is 19.9 Å². The van der Waals surface area contributed by atoms with E-state index in [-0.39, 0.29) is 17.3 Å². The predicted octanol–water partition coefficient (Wildman–Crippen LogP) is 4.10. The molecule has 0 bridgehead atoms. The number of rotatable bonds is 5. The molecule has 1 aliphatic rings. The molecule has 0 unspecified atom stereocenters. The van der Waals surface area contributed by atoms with E-state index in [9.17, 15) is 18.8 Å². The van der Waals surface area contributed by atoms with Gasteiger partial charge in [-0.3, -0.25) is 14.9 Å². The third kappa shape index (κ3) is 4.76. The summed E-state index contributed by atoms with van der Waals surface area (Å²) in [5.41, 5.74) is 4.68. The van der Waals surface area contributed by atoms with Crippen LogP contribution in [0.3, 0.4) is 0 Å². The highest BCUT2D eigenvalue weighted by molar-refractivity contribution is 6.05. The monoisotopic (exact) mass is 514 g/mol. The van der Waals surface area contributed by atoms with E-state index in [1.54, 1.807) is 34.6 Å². The van der Waals surface area contributed by atoms with Gasteiger partial charge in [0.05, 0.1) is 5.52 Å². The molecule has 2 aromatic heterocycles. The van der Waals surface area contributed by atoms with E-state index in [0.717, 1.165) is 16.7 Å². The van der Waals surface area contributed by atoms with E-state index in [0.29, 0.717) is 54.9 Å². The smallest absolute Gasteiger partial charge is 0.411 e. The summed E-state index contributed by atoms with van der Waals surface area (Å²) in [4.78, 5) is 39.5. The molecule has 1 fully saturated rings. The van der Waals surface area contributed by atoms with Crippen LogP contribution in [0.15, 0.2) is 66.9 Å². The average molecular weight is 515 g/mol. The lowest BCUT2D eigenvalue weighted by Gasteiger charge is -2.28. The molecule has 0 atom stereocenters. The normalized spacial score (nSPS) is 13.5. The first-order valence-corrected chi connectivity index (χ1v) is 12.4. The van der Waals surface area contributed by atoms with Crippen LogP contribution in [-0.4, -0.2) is 58.5 Å². The van der Waals surface area contributed by atoms with E-state index in [1.807, 2.05) is 41.7 Å². The Hall–Kier alpha value is -4.50. The molecule has 0 aliphatic carbocycles. The maximum Gasteiger partial charge on any atom is 0.411 e. The fourth-order valence-corrected chi connectivity index (χ4v) is 5.00. The van der Waals surface area contributed by atoms with E-state index >= 15 is 0 Å². The molecule has 3 N–H and O–H groups in total. The number of fused-ring (bicyclic) bond motifs is 1. The zero-order chi connectivity index (χ0) is 26.8. The first-order chi connectivity index (χ1) is 18.3. The molecule has 5 rings (SSSR count). The van der Waals surface area contributed by atoms with Crippen molar-refractivity contribution in [1.29, 1.82) is 0 Å². The van der Waals surface area contributed by atoms with E-state index < -0.39 is 12.0 Å². The summed E-state index contributed by atoms with van der Waals surface area (Å²) in [6.45, 7) is 4.17. The average Bonchev–Trinajstić information content (AvgIpc) is 3.24. The van der Waals surface area contributed by atoms with Crippen LogP contribution in [-0.2, 0) is 6.42 Å². The standard InChI is InChI=1S/C29H27FN4O4/c1-18-20(8-5-9-23(18)30)16-22-25(19-6-3-2-4-7-19)24-17-21(27(35)32-29(37)38)10-13-34(24)26(22)28(36)33-14-11-31-12-15-33/h2-10,13,17,31H,11-12,14-16H2,1H3,(H,32,35)(H,37,38). The summed E-state index contributed by atoms with van der Waals surface area (Å²) in [5, 5.41) is 14.2. The Kier molecular flexibility index (Phi) is 6.93. The highest BCUT2D eigenvalue weighted by Crippen LogP contribution is 2.37. The Bertz CT molecular complexity index is 1540. The van der Waals surface area contributed by atoms with E-state index in [4.69, 9.17) is 5.11 Å². The van der Waals surface area contributed by atoms with Crippen LogP contribution in [0.25, 0.3) is 16.6 Å². The molecule has 0 radical (unpaired) electrons. The highest BCUT2D eigenvalue weighted by Gasteiger charge is 2.29. The Morgan fingerprint density at radius 3 is 2.47 bits per heavy atom. The lowest BCUT2D eigenvalue weighted by Crippen LogP contribution is -2.46. The van der Waals surface area contributed by atoms with Gasteiger partial charge < -0.3 is 19.7 Å². The number of imide groups is 1. The van der Waals surface area contributed by atoms with Gasteiger partial charge in [-0.1, -0.05) is 42.5 Å². The Morgan fingerprint density at radius 2 is 1.76 bits per heavy atom. The quantitative estimate of drug-likeness (QED) is 0.372. The zero-order valence-corrected chi connectivity index (χ0v) is 20.8. The summed E-state index contributed by atoms with van der Waals surface area (Å²) in [5.74, 6) is -1.25. The number of hydrogen-bond donors (Lipinski definition) is 3. The first kappa shape index (κ1) is 25.2. The molecular weight excluding hydrogens is 487 g/mol. The molecule has 1 saturated heterocycles. The lowest BCUT2D eigenvalue weighted by atomic mass is 9.93. The number of halogens is 1. The summed E-state index contributed by atoms with van der Waals surface area (Å²) >= 11 is 0. The third-order valence-electron chi connectivity index (χ3n) is 6.94. The number of carbonyl (C=O) groups is 3. The number of aromatic nitrogens is 1. The van der Waals surface area contributed by atoms with Crippen LogP contribution >= 0.6 is 0 Å². The minimum absolute atomic E-state index is 0.143. The van der Waals surface area contributed by atoms with Crippen LogP contribution in [0, 0.1) is 12.7 Å². The Balaban J connectivity index is 1.79. The van der Waals surface area contributed by atoms with Crippen molar-refractivity contribution in [3.05, 3.63) is 101 Å². The van der Waals surface area contributed by atoms with Gasteiger partial charge in [-0.05, 0) is 47.4 Å². The van der Waals surface area contributed by atoms with Crippen LogP contribution < -0.4 is 10.6 Å². The van der Waals surface area contributed by atoms with Gasteiger partial charge >= 0.3 is 6.09 Å². The van der Waals surface area contributed by atoms with Crippen molar-refractivity contribution >= 4 is 23.4 Å². The number of carboxylic acid groups (broad SMARTS) is 1. The summed E-state index contributed by atoms with van der Waals surface area (Å²) in [6.07, 6.45) is 0.459. The van der Waals surface area contributed by atoms with Gasteiger partial charge in [0, 0.05) is 49.9 Å². The molecular formula is C29H27FN4O4. The summed E-state index contributed by atoms with van der Waals surface area (Å²) in [6, 6.07) is 17.5. The maximum atomic E-state index is 14.5. The number of amides is 3. The largest absolute Gasteiger partial charge is 0.465 e. The maximum absolute atomic E-state index is 14.5. The topological polar surface area (TPSA) is 103 Å². The van der Waals surface area contributed by atoms with Gasteiger partial charge in [0.2, 0.25) is 0 Å². The second-order valence-corrected chi connectivity index (χ2v) is 9.24. The Morgan fingerprint density at radius 1 is 1.03 bits per heavy atom. The number of piperazine rings is 1. The van der Waals surface area contributed by atoms with Gasteiger partial charge in [0.15, 0.2) is 0 Å². The molecule has 3 amide bonds. The van der Waals surface area contributed by atoms with Gasteiger partial charge in [-0.2, -0.15) is 0 Å². The summed E-state index contributed by atoms with van der Waals surface area (Å²) in [7, 11) is 0. The van der Waals surface area contributed by atoms with Crippen molar-refractivity contribution in [2.75, 3.05) is 26.2 Å². The predicted molar refractivity (Wildman–Crippen MR) is 141 cm³/mol. The molecule has 4 aromatic rings. The van der Waals surface area contributed by atoms with Gasteiger partial charge in [-0.15, -0.1) is 0 Å². The zero-order valence-electron chi connectivity index (χ0n) is 20.8. The number of nitrogens with zero attached hydrogens (tertiary/aromatic N) is 2. The lowest BCUT2D eigenvalue weighted by molar-refractivity contribution is 0.0727. The summed E-state index contributed by atoms with van der Waals surface area (Å²) < 4.78 is 16.3. The molecule has 9 heteroatoms. The molecule has 38 heavy (non-hydrogen) atoms. The van der Waals surface area contributed by atoms with Crippen LogP contribution in [0.5, 0.6) is 0 Å². The molecule has 1 aliphatic heterocycles. The fourth-order valence-electron chi connectivity index (χ4n) is 5.00. The molecule has 194 valence electrons.